The number of likely N-dealkylation sites (N-methyl/N-ethyl adjacent to an activating group) is 1. The van der Waals surface area contributed by atoms with E-state index in [1.54, 1.807) is 0 Å². The first-order valence-electron chi connectivity index (χ1n) is 12.6. The van der Waals surface area contributed by atoms with Gasteiger partial charge in [0, 0.05) is 37.7 Å². The van der Waals surface area contributed by atoms with Crippen molar-refractivity contribution in [2.45, 2.75) is 44.4 Å². The van der Waals surface area contributed by atoms with E-state index in [1.165, 1.54) is 5.56 Å². The van der Waals surface area contributed by atoms with Gasteiger partial charge in [-0.25, -0.2) is 0 Å². The van der Waals surface area contributed by atoms with Crippen LogP contribution in [0.2, 0.25) is 5.02 Å². The Morgan fingerprint density at radius 1 is 1.03 bits per heavy atom. The fourth-order valence-electron chi connectivity index (χ4n) is 5.12. The number of hydrogen-bond donors (Lipinski definition) is 0. The summed E-state index contributed by atoms with van der Waals surface area (Å²) >= 11 is 6.37. The van der Waals surface area contributed by atoms with E-state index in [9.17, 15) is 9.59 Å². The molecule has 0 N–H and O–H groups in total. The molecule has 6 nitrogen and oxygen atoms in total. The monoisotopic (exact) mass is 495 g/mol. The van der Waals surface area contributed by atoms with Crippen LogP contribution < -0.4 is 0 Å². The second-order valence-electron chi connectivity index (χ2n) is 10.3. The molecule has 3 aliphatic rings. The first kappa shape index (κ1) is 24.3. The summed E-state index contributed by atoms with van der Waals surface area (Å²) in [5.74, 6) is 0.420. The Hall–Kier alpha value is -2.41. The van der Waals surface area contributed by atoms with Gasteiger partial charge in [0.05, 0.1) is 12.5 Å². The number of hydrogen-bond acceptors (Lipinski definition) is 4. The minimum Gasteiger partial charge on any atom is -0.357 e. The number of aryl methyl sites for hydroxylation is 1. The van der Waals surface area contributed by atoms with E-state index in [4.69, 9.17) is 16.3 Å². The van der Waals surface area contributed by atoms with Gasteiger partial charge in [-0.1, -0.05) is 53.6 Å². The van der Waals surface area contributed by atoms with Crippen LogP contribution in [-0.4, -0.2) is 72.4 Å². The molecule has 0 spiro atoms. The summed E-state index contributed by atoms with van der Waals surface area (Å²) in [5.41, 5.74) is 3.13. The highest BCUT2D eigenvalue weighted by molar-refractivity contribution is 6.30. The van der Waals surface area contributed by atoms with Crippen LogP contribution in [0, 0.1) is 12.8 Å². The van der Waals surface area contributed by atoms with Gasteiger partial charge in [0.2, 0.25) is 5.91 Å². The first-order valence-corrected chi connectivity index (χ1v) is 13.0. The largest absolute Gasteiger partial charge is 0.357 e. The van der Waals surface area contributed by atoms with Crippen LogP contribution in [0.4, 0.5) is 0 Å². The summed E-state index contributed by atoms with van der Waals surface area (Å²) < 4.78 is 6.54. The average Bonchev–Trinajstić information content (AvgIpc) is 3.67. The molecule has 1 saturated carbocycles. The zero-order valence-electron chi connectivity index (χ0n) is 20.5. The Morgan fingerprint density at radius 3 is 2.40 bits per heavy atom. The van der Waals surface area contributed by atoms with Crippen LogP contribution >= 0.6 is 11.6 Å². The highest BCUT2D eigenvalue weighted by Crippen LogP contribution is 2.45. The SMILES string of the molecule is Cc1ccc(C2C(c3cccc(Cl)c3)OC(CC(=O)N3CCN(C)CC3)C(=O)N2CC2CC2)cc1. The van der Waals surface area contributed by atoms with E-state index in [0.717, 1.165) is 37.1 Å². The van der Waals surface area contributed by atoms with Crippen LogP contribution in [-0.2, 0) is 14.3 Å². The van der Waals surface area contributed by atoms with E-state index in [1.807, 2.05) is 34.1 Å². The quantitative estimate of drug-likeness (QED) is 0.601. The van der Waals surface area contributed by atoms with Crippen molar-refractivity contribution in [2.24, 2.45) is 5.92 Å². The van der Waals surface area contributed by atoms with E-state index in [2.05, 4.69) is 43.1 Å². The number of benzene rings is 2. The molecule has 7 heteroatoms. The van der Waals surface area contributed by atoms with Crippen molar-refractivity contribution in [3.05, 3.63) is 70.2 Å². The maximum absolute atomic E-state index is 13.8. The molecule has 3 atom stereocenters. The Balaban J connectivity index is 1.47. The summed E-state index contributed by atoms with van der Waals surface area (Å²) in [6, 6.07) is 15.7. The Labute approximate surface area is 212 Å². The molecule has 0 bridgehead atoms. The molecule has 2 heterocycles. The smallest absolute Gasteiger partial charge is 0.252 e. The van der Waals surface area contributed by atoms with Gasteiger partial charge in [0.15, 0.2) is 0 Å². The molecule has 186 valence electrons. The van der Waals surface area contributed by atoms with E-state index in [0.29, 0.717) is 30.6 Å². The topological polar surface area (TPSA) is 53.1 Å². The van der Waals surface area contributed by atoms with Gasteiger partial charge in [-0.15, -0.1) is 0 Å². The maximum Gasteiger partial charge on any atom is 0.252 e. The predicted octanol–water partition coefficient (Wildman–Crippen LogP) is 4.23. The van der Waals surface area contributed by atoms with Gasteiger partial charge in [0.1, 0.15) is 12.2 Å². The zero-order chi connectivity index (χ0) is 24.5. The molecule has 2 aromatic rings. The van der Waals surface area contributed by atoms with Crippen LogP contribution in [0.3, 0.4) is 0 Å². The lowest BCUT2D eigenvalue weighted by Gasteiger charge is -2.45. The van der Waals surface area contributed by atoms with Gasteiger partial charge in [-0.05, 0) is 56.0 Å². The van der Waals surface area contributed by atoms with Crippen molar-refractivity contribution >= 4 is 23.4 Å². The summed E-state index contributed by atoms with van der Waals surface area (Å²) in [5, 5.41) is 0.629. The molecular weight excluding hydrogens is 462 g/mol. The summed E-state index contributed by atoms with van der Waals surface area (Å²) in [6.45, 7) is 5.82. The number of amides is 2. The van der Waals surface area contributed by atoms with Gasteiger partial charge in [-0.3, -0.25) is 9.59 Å². The Kier molecular flexibility index (Phi) is 7.14. The number of piperazine rings is 1. The van der Waals surface area contributed by atoms with E-state index < -0.39 is 12.2 Å². The van der Waals surface area contributed by atoms with E-state index in [-0.39, 0.29) is 24.3 Å². The molecule has 5 rings (SSSR count). The lowest BCUT2D eigenvalue weighted by molar-refractivity contribution is -0.178. The van der Waals surface area contributed by atoms with Crippen LogP contribution in [0.25, 0.3) is 0 Å². The molecule has 0 aromatic heterocycles. The average molecular weight is 496 g/mol. The van der Waals surface area contributed by atoms with Gasteiger partial charge < -0.3 is 19.4 Å². The molecule has 3 fully saturated rings. The highest BCUT2D eigenvalue weighted by Gasteiger charge is 2.46. The lowest BCUT2D eigenvalue weighted by atomic mass is 9.90. The maximum atomic E-state index is 13.8. The molecule has 2 saturated heterocycles. The van der Waals surface area contributed by atoms with Crippen LogP contribution in [0.5, 0.6) is 0 Å². The Bertz CT molecular complexity index is 1060. The van der Waals surface area contributed by atoms with Crippen molar-refractivity contribution in [1.82, 2.24) is 14.7 Å². The molecule has 0 radical (unpaired) electrons. The second kappa shape index (κ2) is 10.3. The zero-order valence-corrected chi connectivity index (χ0v) is 21.3. The van der Waals surface area contributed by atoms with Crippen molar-refractivity contribution in [1.29, 1.82) is 0 Å². The number of carbonyl (C=O) groups excluding carboxylic acids is 2. The molecule has 35 heavy (non-hydrogen) atoms. The van der Waals surface area contributed by atoms with Gasteiger partial charge >= 0.3 is 0 Å². The number of nitrogens with zero attached hydrogens (tertiary/aromatic N) is 3. The first-order chi connectivity index (χ1) is 16.9. The van der Waals surface area contributed by atoms with Gasteiger partial charge in [-0.2, -0.15) is 0 Å². The fourth-order valence-corrected chi connectivity index (χ4v) is 5.32. The predicted molar refractivity (Wildman–Crippen MR) is 136 cm³/mol. The second-order valence-corrected chi connectivity index (χ2v) is 10.7. The minimum absolute atomic E-state index is 0.0125. The third-order valence-corrected chi connectivity index (χ3v) is 7.69. The normalized spacial score (nSPS) is 25.7. The number of carbonyl (C=O) groups is 2. The third-order valence-electron chi connectivity index (χ3n) is 7.46. The molecule has 1 aliphatic carbocycles. The molecule has 2 aromatic carbocycles. The van der Waals surface area contributed by atoms with Crippen molar-refractivity contribution in [3.63, 3.8) is 0 Å². The number of halogens is 1. The summed E-state index contributed by atoms with van der Waals surface area (Å²) in [4.78, 5) is 33.1. The Morgan fingerprint density at radius 2 is 1.74 bits per heavy atom. The number of rotatable bonds is 6. The number of ether oxygens (including phenoxy) is 1. The molecule has 2 amide bonds. The molecule has 3 unspecified atom stereocenters. The fraction of sp³-hybridized carbons (Fsp3) is 0.500. The third kappa shape index (κ3) is 5.55. The van der Waals surface area contributed by atoms with Crippen molar-refractivity contribution in [2.75, 3.05) is 39.8 Å². The van der Waals surface area contributed by atoms with Crippen molar-refractivity contribution in [3.8, 4) is 0 Å². The molecule has 2 aliphatic heterocycles. The molecular formula is C28H34ClN3O3. The van der Waals surface area contributed by atoms with Crippen LogP contribution in [0.1, 0.15) is 48.1 Å². The standard InChI is InChI=1S/C28H34ClN3O3/c1-19-6-10-21(11-7-19)26-27(22-4-3-5-23(29)16-22)35-24(28(34)32(26)18-20-8-9-20)17-25(33)31-14-12-30(2)13-15-31/h3-7,10-11,16,20,24,26-27H,8-9,12-15,17-18H2,1-2H3. The number of morpholine rings is 1. The van der Waals surface area contributed by atoms with Crippen LogP contribution in [0.15, 0.2) is 48.5 Å². The summed E-state index contributed by atoms with van der Waals surface area (Å²) in [6.07, 6.45) is 1.14. The van der Waals surface area contributed by atoms with Crippen molar-refractivity contribution < 1.29 is 14.3 Å². The van der Waals surface area contributed by atoms with E-state index >= 15 is 0 Å². The summed E-state index contributed by atoms with van der Waals surface area (Å²) in [7, 11) is 2.06. The highest BCUT2D eigenvalue weighted by atomic mass is 35.5. The van der Waals surface area contributed by atoms with Gasteiger partial charge in [0.25, 0.3) is 5.91 Å². The minimum atomic E-state index is -0.799. The lowest BCUT2D eigenvalue weighted by Crippen LogP contribution is -2.54.